The molecule has 66 valence electrons. The number of rotatable bonds is 3. The van der Waals surface area contributed by atoms with Gasteiger partial charge in [0, 0.05) is 6.04 Å². The fourth-order valence-corrected chi connectivity index (χ4v) is 2.38. The Kier molecular flexibility index (Phi) is 3.22. The summed E-state index contributed by atoms with van der Waals surface area (Å²) >= 11 is 1.56. The van der Waals surface area contributed by atoms with Gasteiger partial charge in [0.1, 0.15) is 4.93 Å². The first-order valence-corrected chi connectivity index (χ1v) is 5.46. The molecule has 0 bridgehead atoms. The minimum atomic E-state index is -0.531. The summed E-state index contributed by atoms with van der Waals surface area (Å²) in [4.78, 5) is -0.531. The monoisotopic (exact) mass is 175 g/mol. The molecule has 0 aliphatic carbocycles. The summed E-state index contributed by atoms with van der Waals surface area (Å²) in [5, 5.41) is 13.4. The van der Waals surface area contributed by atoms with Crippen LogP contribution in [0.15, 0.2) is 0 Å². The quantitative estimate of drug-likeness (QED) is 0.632. The molecule has 3 heteroatoms. The van der Waals surface area contributed by atoms with Gasteiger partial charge in [-0.25, -0.2) is 0 Å². The Hall–Kier alpha value is 0.270. The van der Waals surface area contributed by atoms with Crippen molar-refractivity contribution in [2.75, 3.05) is 12.8 Å². The maximum Gasteiger partial charge on any atom is 0.125 e. The average Bonchev–Trinajstić information content (AvgIpc) is 2.55. The van der Waals surface area contributed by atoms with Gasteiger partial charge in [-0.05, 0) is 32.1 Å². The number of thioether (sulfide) groups is 1. The lowest BCUT2D eigenvalue weighted by Gasteiger charge is -2.31. The molecule has 1 saturated heterocycles. The van der Waals surface area contributed by atoms with Crippen molar-refractivity contribution in [3.63, 3.8) is 0 Å². The van der Waals surface area contributed by atoms with Crippen molar-refractivity contribution in [1.82, 2.24) is 5.32 Å². The highest BCUT2D eigenvalue weighted by molar-refractivity contribution is 7.99. The van der Waals surface area contributed by atoms with E-state index >= 15 is 0 Å². The summed E-state index contributed by atoms with van der Waals surface area (Å²) in [6.45, 7) is 3.10. The highest BCUT2D eigenvalue weighted by Gasteiger charge is 2.35. The molecule has 0 radical (unpaired) electrons. The number of aliphatic hydroxyl groups is 1. The summed E-state index contributed by atoms with van der Waals surface area (Å²) in [5.74, 6) is 0. The molecule has 0 aromatic heterocycles. The van der Waals surface area contributed by atoms with Gasteiger partial charge in [-0.2, -0.15) is 0 Å². The SMILES string of the molecule is CCC(O)(SC)[C@@H]1CCCN1. The van der Waals surface area contributed by atoms with E-state index in [1.54, 1.807) is 11.8 Å². The molecule has 2 atom stereocenters. The van der Waals surface area contributed by atoms with E-state index in [0.29, 0.717) is 6.04 Å². The van der Waals surface area contributed by atoms with E-state index in [9.17, 15) is 5.11 Å². The molecular weight excluding hydrogens is 158 g/mol. The van der Waals surface area contributed by atoms with Crippen LogP contribution in [-0.4, -0.2) is 28.9 Å². The molecule has 0 saturated carbocycles. The van der Waals surface area contributed by atoms with Gasteiger partial charge < -0.3 is 10.4 Å². The van der Waals surface area contributed by atoms with Crippen LogP contribution in [0.5, 0.6) is 0 Å². The number of nitrogens with one attached hydrogen (secondary N) is 1. The van der Waals surface area contributed by atoms with E-state index in [2.05, 4.69) is 5.32 Å². The predicted molar refractivity (Wildman–Crippen MR) is 49.8 cm³/mol. The molecular formula is C8H17NOS. The van der Waals surface area contributed by atoms with Crippen molar-refractivity contribution in [3.05, 3.63) is 0 Å². The summed E-state index contributed by atoms with van der Waals surface area (Å²) in [5.41, 5.74) is 0. The summed E-state index contributed by atoms with van der Waals surface area (Å²) < 4.78 is 0. The second kappa shape index (κ2) is 3.78. The Morgan fingerprint density at radius 2 is 2.45 bits per heavy atom. The molecule has 1 rings (SSSR count). The van der Waals surface area contributed by atoms with Gasteiger partial charge in [-0.1, -0.05) is 6.92 Å². The molecule has 0 amide bonds. The Balaban J connectivity index is 2.52. The van der Waals surface area contributed by atoms with Gasteiger partial charge in [0.25, 0.3) is 0 Å². The average molecular weight is 175 g/mol. The maximum atomic E-state index is 10.0. The van der Waals surface area contributed by atoms with Crippen molar-refractivity contribution in [1.29, 1.82) is 0 Å². The van der Waals surface area contributed by atoms with Crippen LogP contribution in [0.1, 0.15) is 26.2 Å². The second-order valence-electron chi connectivity index (χ2n) is 3.05. The van der Waals surface area contributed by atoms with Crippen LogP contribution in [-0.2, 0) is 0 Å². The van der Waals surface area contributed by atoms with Gasteiger partial charge in [0.15, 0.2) is 0 Å². The highest BCUT2D eigenvalue weighted by Crippen LogP contribution is 2.31. The molecule has 2 nitrogen and oxygen atoms in total. The normalized spacial score (nSPS) is 30.3. The lowest BCUT2D eigenvalue weighted by atomic mass is 10.1. The molecule has 1 aliphatic heterocycles. The van der Waals surface area contributed by atoms with Crippen molar-refractivity contribution >= 4 is 11.8 Å². The van der Waals surface area contributed by atoms with E-state index in [1.807, 2.05) is 13.2 Å². The van der Waals surface area contributed by atoms with Crippen LogP contribution in [0.25, 0.3) is 0 Å². The zero-order valence-corrected chi connectivity index (χ0v) is 8.08. The van der Waals surface area contributed by atoms with E-state index in [-0.39, 0.29) is 0 Å². The van der Waals surface area contributed by atoms with Crippen molar-refractivity contribution in [2.45, 2.75) is 37.2 Å². The summed E-state index contributed by atoms with van der Waals surface area (Å²) in [6, 6.07) is 0.308. The molecule has 1 aliphatic rings. The maximum absolute atomic E-state index is 10.0. The van der Waals surface area contributed by atoms with Gasteiger partial charge in [-0.3, -0.25) is 0 Å². The molecule has 1 unspecified atom stereocenters. The molecule has 1 fully saturated rings. The smallest absolute Gasteiger partial charge is 0.125 e. The Morgan fingerprint density at radius 3 is 2.82 bits per heavy atom. The van der Waals surface area contributed by atoms with Crippen LogP contribution in [0.2, 0.25) is 0 Å². The van der Waals surface area contributed by atoms with Crippen LogP contribution < -0.4 is 5.32 Å². The van der Waals surface area contributed by atoms with E-state index in [0.717, 1.165) is 19.4 Å². The first-order valence-electron chi connectivity index (χ1n) is 4.24. The Bertz CT molecular complexity index is 119. The number of hydrogen-bond donors (Lipinski definition) is 2. The first kappa shape index (κ1) is 9.36. The standard InChI is InChI=1S/C8H17NOS/c1-3-8(10,11-2)7-5-4-6-9-7/h7,9-10H,3-6H2,1-2H3/t7-,8?/m0/s1. The summed E-state index contributed by atoms with van der Waals surface area (Å²) in [7, 11) is 0. The predicted octanol–water partition coefficient (Wildman–Crippen LogP) is 1.20. The third-order valence-corrected chi connectivity index (χ3v) is 3.75. The zero-order valence-electron chi connectivity index (χ0n) is 7.26. The van der Waals surface area contributed by atoms with Gasteiger partial charge in [-0.15, -0.1) is 11.8 Å². The molecule has 0 aromatic rings. The largest absolute Gasteiger partial charge is 0.378 e. The first-order chi connectivity index (χ1) is 5.23. The van der Waals surface area contributed by atoms with E-state index < -0.39 is 4.93 Å². The van der Waals surface area contributed by atoms with E-state index in [1.165, 1.54) is 6.42 Å². The minimum Gasteiger partial charge on any atom is -0.378 e. The van der Waals surface area contributed by atoms with Crippen molar-refractivity contribution in [3.8, 4) is 0 Å². The Labute approximate surface area is 72.8 Å². The third kappa shape index (κ3) is 1.89. The lowest BCUT2D eigenvalue weighted by Crippen LogP contribution is -2.44. The fourth-order valence-electron chi connectivity index (χ4n) is 1.60. The molecule has 0 aromatic carbocycles. The molecule has 2 N–H and O–H groups in total. The third-order valence-electron chi connectivity index (χ3n) is 2.46. The fraction of sp³-hybridized carbons (Fsp3) is 1.00. The molecule has 1 heterocycles. The highest BCUT2D eigenvalue weighted by atomic mass is 32.2. The summed E-state index contributed by atoms with van der Waals surface area (Å²) in [6.07, 6.45) is 5.12. The lowest BCUT2D eigenvalue weighted by molar-refractivity contribution is 0.0959. The van der Waals surface area contributed by atoms with Gasteiger partial charge in [0.05, 0.1) is 0 Å². The van der Waals surface area contributed by atoms with Crippen LogP contribution in [0, 0.1) is 0 Å². The topological polar surface area (TPSA) is 32.3 Å². The Morgan fingerprint density at radius 1 is 1.73 bits per heavy atom. The molecule has 0 spiro atoms. The minimum absolute atomic E-state index is 0.308. The van der Waals surface area contributed by atoms with Gasteiger partial charge in [0.2, 0.25) is 0 Å². The van der Waals surface area contributed by atoms with Crippen molar-refractivity contribution < 1.29 is 5.11 Å². The second-order valence-corrected chi connectivity index (χ2v) is 4.17. The van der Waals surface area contributed by atoms with E-state index in [4.69, 9.17) is 0 Å². The van der Waals surface area contributed by atoms with Crippen LogP contribution in [0.4, 0.5) is 0 Å². The van der Waals surface area contributed by atoms with Gasteiger partial charge >= 0.3 is 0 Å². The molecule has 11 heavy (non-hydrogen) atoms. The van der Waals surface area contributed by atoms with Crippen LogP contribution >= 0.6 is 11.8 Å². The van der Waals surface area contributed by atoms with Crippen molar-refractivity contribution in [2.24, 2.45) is 0 Å². The number of hydrogen-bond acceptors (Lipinski definition) is 3. The van der Waals surface area contributed by atoms with Crippen LogP contribution in [0.3, 0.4) is 0 Å². The zero-order chi connectivity index (χ0) is 8.32.